The van der Waals surface area contributed by atoms with Crippen LogP contribution in [0, 0.1) is 0 Å². The second kappa shape index (κ2) is 40.6. The number of nitrogens with zero attached hydrogens (tertiary/aromatic N) is 1. The van der Waals surface area contributed by atoms with Gasteiger partial charge in [0.25, 0.3) is 0 Å². The van der Waals surface area contributed by atoms with Crippen LogP contribution in [0.15, 0.2) is 0 Å². The van der Waals surface area contributed by atoms with Gasteiger partial charge in [-0.3, -0.25) is 9.59 Å². The second-order valence-corrected chi connectivity index (χ2v) is 15.5. The van der Waals surface area contributed by atoms with Crippen molar-refractivity contribution in [3.63, 3.8) is 0 Å². The van der Waals surface area contributed by atoms with Crippen LogP contribution in [-0.2, 0) is 9.59 Å². The smallest absolute Gasteiger partial charge is 0.220 e. The number of nitrogens with two attached hydrogens (primary N) is 1. The van der Waals surface area contributed by atoms with Crippen molar-refractivity contribution in [2.24, 2.45) is 5.73 Å². The maximum absolute atomic E-state index is 12.8. The van der Waals surface area contributed by atoms with Crippen LogP contribution >= 0.6 is 0 Å². The van der Waals surface area contributed by atoms with Gasteiger partial charge >= 0.3 is 0 Å². The molecule has 0 saturated heterocycles. The van der Waals surface area contributed by atoms with Gasteiger partial charge in [0, 0.05) is 38.5 Å². The average molecular weight is 707 g/mol. The summed E-state index contributed by atoms with van der Waals surface area (Å²) in [6.07, 6.45) is 40.3. The summed E-state index contributed by atoms with van der Waals surface area (Å²) in [6, 6.07) is 0.375. The molecule has 0 radical (unpaired) electrons. The highest BCUT2D eigenvalue weighted by atomic mass is 16.2. The molecule has 6 heteroatoms. The molecule has 0 heterocycles. The zero-order valence-electron chi connectivity index (χ0n) is 34.3. The molecule has 0 aromatic rings. The molecule has 0 rings (SSSR count). The van der Waals surface area contributed by atoms with Crippen molar-refractivity contribution < 1.29 is 9.59 Å². The third-order valence-electron chi connectivity index (χ3n) is 10.5. The molecule has 2 amide bonds. The Labute approximate surface area is 313 Å². The number of carbonyl (C=O) groups is 2. The first kappa shape index (κ1) is 48.9. The van der Waals surface area contributed by atoms with E-state index in [-0.39, 0.29) is 11.8 Å². The molecule has 6 nitrogen and oxygen atoms in total. The van der Waals surface area contributed by atoms with Gasteiger partial charge in [0.15, 0.2) is 0 Å². The largest absolute Gasteiger partial charge is 0.356 e. The monoisotopic (exact) mass is 707 g/mol. The first-order chi connectivity index (χ1) is 24.6. The number of amides is 2. The van der Waals surface area contributed by atoms with Crippen LogP contribution in [0.4, 0.5) is 0 Å². The average Bonchev–Trinajstić information content (AvgIpc) is 3.11. The van der Waals surface area contributed by atoms with Crippen molar-refractivity contribution >= 4 is 11.8 Å². The molecule has 0 aliphatic rings. The molecule has 0 bridgehead atoms. The van der Waals surface area contributed by atoms with E-state index in [1.807, 2.05) is 0 Å². The van der Waals surface area contributed by atoms with Crippen molar-refractivity contribution in [3.05, 3.63) is 0 Å². The lowest BCUT2D eigenvalue weighted by atomic mass is 9.99. The van der Waals surface area contributed by atoms with E-state index < -0.39 is 0 Å². The fourth-order valence-electron chi connectivity index (χ4n) is 7.15. The van der Waals surface area contributed by atoms with Gasteiger partial charge < -0.3 is 21.3 Å². The van der Waals surface area contributed by atoms with Gasteiger partial charge in [-0.05, 0) is 58.0 Å². The number of unbranched alkanes of at least 4 members (excludes halogenated alkanes) is 24. The maximum Gasteiger partial charge on any atom is 0.220 e. The van der Waals surface area contributed by atoms with E-state index in [1.54, 1.807) is 0 Å². The Morgan fingerprint density at radius 3 is 1.32 bits per heavy atom. The van der Waals surface area contributed by atoms with Crippen LogP contribution in [0.3, 0.4) is 0 Å². The molecule has 0 atom stereocenters. The highest BCUT2D eigenvalue weighted by Crippen LogP contribution is 2.16. The topological polar surface area (TPSA) is 87.5 Å². The molecule has 0 aliphatic carbocycles. The molecule has 0 fully saturated rings. The van der Waals surface area contributed by atoms with Crippen LogP contribution in [-0.4, -0.2) is 55.5 Å². The lowest BCUT2D eigenvalue weighted by Crippen LogP contribution is -2.34. The highest BCUT2D eigenvalue weighted by molar-refractivity contribution is 5.76. The Kier molecular flexibility index (Phi) is 39.7. The van der Waals surface area contributed by atoms with Gasteiger partial charge in [0.1, 0.15) is 0 Å². The van der Waals surface area contributed by atoms with E-state index in [2.05, 4.69) is 36.3 Å². The minimum atomic E-state index is 0.224. The lowest BCUT2D eigenvalue weighted by molar-refractivity contribution is -0.122. The van der Waals surface area contributed by atoms with Gasteiger partial charge in [-0.25, -0.2) is 0 Å². The van der Waals surface area contributed by atoms with Crippen LogP contribution in [0.25, 0.3) is 0 Å². The summed E-state index contributed by atoms with van der Waals surface area (Å²) in [7, 11) is 0. The third-order valence-corrected chi connectivity index (χ3v) is 10.5. The Bertz CT molecular complexity index is 688. The minimum Gasteiger partial charge on any atom is -0.356 e. The highest BCUT2D eigenvalue weighted by Gasteiger charge is 2.12. The molecule has 0 saturated carbocycles. The van der Waals surface area contributed by atoms with Crippen LogP contribution in [0.1, 0.15) is 233 Å². The predicted octanol–water partition coefficient (Wildman–Crippen LogP) is 11.8. The molecule has 0 aliphatic heterocycles. The van der Waals surface area contributed by atoms with Gasteiger partial charge in [-0.2, -0.15) is 0 Å². The molecule has 0 unspecified atom stereocenters. The van der Waals surface area contributed by atoms with E-state index >= 15 is 0 Å². The van der Waals surface area contributed by atoms with E-state index in [0.29, 0.717) is 25.4 Å². The van der Waals surface area contributed by atoms with Gasteiger partial charge in [0.05, 0.1) is 0 Å². The summed E-state index contributed by atoms with van der Waals surface area (Å²) in [4.78, 5) is 27.5. The number of hydrogen-bond donors (Lipinski definition) is 3. The molecule has 0 aromatic heterocycles. The zero-order chi connectivity index (χ0) is 36.6. The van der Waals surface area contributed by atoms with Gasteiger partial charge in [-0.15, -0.1) is 0 Å². The lowest BCUT2D eigenvalue weighted by Gasteiger charge is -2.21. The van der Waals surface area contributed by atoms with Crippen molar-refractivity contribution in [1.29, 1.82) is 0 Å². The number of nitrogens with one attached hydrogen (secondary N) is 2. The Morgan fingerprint density at radius 1 is 0.460 bits per heavy atom. The fourth-order valence-corrected chi connectivity index (χ4v) is 7.15. The molecular formula is C44H90N4O2. The molecule has 298 valence electrons. The summed E-state index contributed by atoms with van der Waals surface area (Å²) >= 11 is 0. The number of hydrogen-bond acceptors (Lipinski definition) is 4. The Hall–Kier alpha value is -1.14. The van der Waals surface area contributed by atoms with Gasteiger partial charge in [-0.1, -0.05) is 175 Å². The van der Waals surface area contributed by atoms with E-state index in [1.165, 1.54) is 148 Å². The van der Waals surface area contributed by atoms with Gasteiger partial charge in [0.2, 0.25) is 11.8 Å². The zero-order valence-corrected chi connectivity index (χ0v) is 34.3. The SMILES string of the molecule is CCCCCCCCCCCNC(=O)CCCCCN(CCN)CCCCCCCC(=O)NC(CCCCCCCC)CCCCCCCC. The van der Waals surface area contributed by atoms with Crippen LogP contribution in [0.2, 0.25) is 0 Å². The van der Waals surface area contributed by atoms with E-state index in [9.17, 15) is 9.59 Å². The minimum absolute atomic E-state index is 0.224. The molecule has 4 N–H and O–H groups in total. The molecule has 0 aromatic carbocycles. The van der Waals surface area contributed by atoms with Crippen molar-refractivity contribution in [2.45, 2.75) is 239 Å². The van der Waals surface area contributed by atoms with E-state index in [4.69, 9.17) is 5.73 Å². The van der Waals surface area contributed by atoms with Crippen molar-refractivity contribution in [1.82, 2.24) is 15.5 Å². The summed E-state index contributed by atoms with van der Waals surface area (Å²) in [5, 5.41) is 6.56. The van der Waals surface area contributed by atoms with Crippen LogP contribution < -0.4 is 16.4 Å². The maximum atomic E-state index is 12.8. The predicted molar refractivity (Wildman–Crippen MR) is 220 cm³/mol. The summed E-state index contributed by atoms with van der Waals surface area (Å²) in [5.74, 6) is 0.499. The molecule has 50 heavy (non-hydrogen) atoms. The normalized spacial score (nSPS) is 11.6. The standard InChI is InChI=1S/C44H90N4O2/c1-4-7-10-13-16-17-18-23-30-38-46-43(49)35-29-25-32-40-48(41-37-45)39-31-24-19-22-28-36-44(50)47-42(33-26-20-14-11-8-5-2)34-27-21-15-12-9-6-3/h42H,4-41,45H2,1-3H3,(H,46,49)(H,47,50). The first-order valence-electron chi connectivity index (χ1n) is 22.6. The second-order valence-electron chi connectivity index (χ2n) is 15.5. The quantitative estimate of drug-likeness (QED) is 0.0552. The molecule has 0 spiro atoms. The Morgan fingerprint density at radius 2 is 0.840 bits per heavy atom. The fraction of sp³-hybridized carbons (Fsp3) is 0.955. The third kappa shape index (κ3) is 36.6. The Balaban J connectivity index is 3.96. The van der Waals surface area contributed by atoms with Crippen LogP contribution in [0.5, 0.6) is 0 Å². The van der Waals surface area contributed by atoms with Crippen molar-refractivity contribution in [3.8, 4) is 0 Å². The van der Waals surface area contributed by atoms with E-state index in [0.717, 1.165) is 77.5 Å². The summed E-state index contributed by atoms with van der Waals surface area (Å²) in [5.41, 5.74) is 5.91. The van der Waals surface area contributed by atoms with Crippen molar-refractivity contribution in [2.75, 3.05) is 32.7 Å². The molecular weight excluding hydrogens is 617 g/mol. The number of carbonyl (C=O) groups excluding carboxylic acids is 2. The summed E-state index contributed by atoms with van der Waals surface area (Å²) < 4.78 is 0. The number of rotatable bonds is 41. The first-order valence-corrected chi connectivity index (χ1v) is 22.6. The summed E-state index contributed by atoms with van der Waals surface area (Å²) in [6.45, 7) is 11.5.